The van der Waals surface area contributed by atoms with E-state index in [1.165, 1.54) is 12.8 Å². The van der Waals surface area contributed by atoms with Gasteiger partial charge in [-0.1, -0.05) is 6.07 Å². The number of ether oxygens (including phenoxy) is 2. The lowest BCUT2D eigenvalue weighted by molar-refractivity contribution is 0.0616. The zero-order chi connectivity index (χ0) is 22.3. The number of aliphatic hydroxyl groups is 1. The van der Waals surface area contributed by atoms with Gasteiger partial charge in [-0.05, 0) is 57.2 Å². The van der Waals surface area contributed by atoms with Crippen LogP contribution >= 0.6 is 24.0 Å². The van der Waals surface area contributed by atoms with Gasteiger partial charge in [-0.15, -0.1) is 24.0 Å². The van der Waals surface area contributed by atoms with Gasteiger partial charge in [0.05, 0.1) is 32.5 Å². The highest BCUT2D eigenvalue weighted by Crippen LogP contribution is 2.32. The molecule has 32 heavy (non-hydrogen) atoms. The van der Waals surface area contributed by atoms with Crippen molar-refractivity contribution in [1.82, 2.24) is 20.4 Å². The first-order valence-corrected chi connectivity index (χ1v) is 11.0. The molecular formula is C23H36IN5O3. The number of benzene rings is 1. The van der Waals surface area contributed by atoms with Gasteiger partial charge in [0.1, 0.15) is 5.60 Å². The van der Waals surface area contributed by atoms with Gasteiger partial charge in [0.2, 0.25) is 0 Å². The third kappa shape index (κ3) is 7.26. The van der Waals surface area contributed by atoms with Crippen LogP contribution in [0.3, 0.4) is 0 Å². The van der Waals surface area contributed by atoms with E-state index < -0.39 is 5.60 Å². The Balaban J connectivity index is 0.00000363. The molecule has 8 nitrogen and oxygen atoms in total. The fourth-order valence-corrected chi connectivity index (χ4v) is 3.66. The van der Waals surface area contributed by atoms with Crippen molar-refractivity contribution in [2.45, 2.75) is 57.8 Å². The molecule has 1 unspecified atom stereocenters. The second-order valence-electron chi connectivity index (χ2n) is 8.23. The maximum Gasteiger partial charge on any atom is 0.191 e. The first-order chi connectivity index (χ1) is 14.9. The van der Waals surface area contributed by atoms with Crippen LogP contribution in [-0.4, -0.2) is 47.1 Å². The van der Waals surface area contributed by atoms with Crippen molar-refractivity contribution in [1.29, 1.82) is 0 Å². The molecule has 0 amide bonds. The van der Waals surface area contributed by atoms with Crippen LogP contribution in [0.25, 0.3) is 0 Å². The lowest BCUT2D eigenvalue weighted by Crippen LogP contribution is -2.44. The molecule has 3 N–H and O–H groups in total. The summed E-state index contributed by atoms with van der Waals surface area (Å²) in [5.41, 5.74) is 0.708. The number of hydrogen-bond donors (Lipinski definition) is 3. The van der Waals surface area contributed by atoms with Gasteiger partial charge in [-0.3, -0.25) is 4.68 Å². The van der Waals surface area contributed by atoms with E-state index in [4.69, 9.17) is 9.47 Å². The summed E-state index contributed by atoms with van der Waals surface area (Å²) in [4.78, 5) is 4.66. The van der Waals surface area contributed by atoms with Crippen LogP contribution in [0, 0.1) is 0 Å². The number of hydrogen-bond acceptors (Lipinski definition) is 5. The Kier molecular flexibility index (Phi) is 10.1. The minimum Gasteiger partial charge on any atom is -0.493 e. The summed E-state index contributed by atoms with van der Waals surface area (Å²) in [5.74, 6) is 2.16. The number of halogens is 1. The number of aromatic nitrogens is 2. The molecule has 1 aromatic heterocycles. The number of nitrogens with zero attached hydrogens (tertiary/aromatic N) is 3. The van der Waals surface area contributed by atoms with Gasteiger partial charge in [0, 0.05) is 25.4 Å². The lowest BCUT2D eigenvalue weighted by Gasteiger charge is -2.23. The smallest absolute Gasteiger partial charge is 0.191 e. The van der Waals surface area contributed by atoms with E-state index in [0.29, 0.717) is 19.0 Å². The predicted molar refractivity (Wildman–Crippen MR) is 137 cm³/mol. The van der Waals surface area contributed by atoms with Crippen molar-refractivity contribution in [2.75, 3.05) is 20.2 Å². The molecular weight excluding hydrogens is 521 g/mol. The van der Waals surface area contributed by atoms with Crippen LogP contribution < -0.4 is 20.1 Å². The van der Waals surface area contributed by atoms with Crippen LogP contribution in [0.2, 0.25) is 0 Å². The Labute approximate surface area is 207 Å². The zero-order valence-electron chi connectivity index (χ0n) is 19.4. The van der Waals surface area contributed by atoms with Crippen molar-refractivity contribution in [3.05, 3.63) is 41.7 Å². The van der Waals surface area contributed by atoms with Gasteiger partial charge in [0.15, 0.2) is 17.5 Å². The van der Waals surface area contributed by atoms with Crippen molar-refractivity contribution in [3.8, 4) is 11.5 Å². The lowest BCUT2D eigenvalue weighted by atomic mass is 10.00. The summed E-state index contributed by atoms with van der Waals surface area (Å²) in [5, 5.41) is 21.4. The largest absolute Gasteiger partial charge is 0.493 e. The third-order valence-electron chi connectivity index (χ3n) is 5.51. The number of aliphatic imine (C=N–C) groups is 1. The normalized spacial score (nSPS) is 16.2. The summed E-state index contributed by atoms with van der Waals surface area (Å²) < 4.78 is 13.3. The Morgan fingerprint density at radius 3 is 2.66 bits per heavy atom. The van der Waals surface area contributed by atoms with E-state index in [1.807, 2.05) is 38.4 Å². The van der Waals surface area contributed by atoms with E-state index in [9.17, 15) is 5.11 Å². The second kappa shape index (κ2) is 12.3. The summed E-state index contributed by atoms with van der Waals surface area (Å²) in [6, 6.07) is 5.96. The quantitative estimate of drug-likeness (QED) is 0.249. The van der Waals surface area contributed by atoms with Gasteiger partial charge < -0.3 is 25.2 Å². The monoisotopic (exact) mass is 557 g/mol. The predicted octanol–water partition coefficient (Wildman–Crippen LogP) is 3.33. The molecule has 9 heteroatoms. The summed E-state index contributed by atoms with van der Waals surface area (Å²) in [6.45, 7) is 5.27. The van der Waals surface area contributed by atoms with Gasteiger partial charge in [-0.25, -0.2) is 4.99 Å². The summed E-state index contributed by atoms with van der Waals surface area (Å²) in [6.07, 6.45) is 8.45. The van der Waals surface area contributed by atoms with E-state index in [-0.39, 0.29) is 30.1 Å². The van der Waals surface area contributed by atoms with Crippen LogP contribution in [-0.2, 0) is 19.2 Å². The minimum atomic E-state index is -1.06. The average Bonchev–Trinajstić information content (AvgIpc) is 3.43. The highest BCUT2D eigenvalue weighted by Gasteiger charge is 2.25. The molecule has 178 valence electrons. The van der Waals surface area contributed by atoms with E-state index >= 15 is 0 Å². The fraction of sp³-hybridized carbons (Fsp3) is 0.565. The van der Waals surface area contributed by atoms with Gasteiger partial charge in [0.25, 0.3) is 0 Å². The van der Waals surface area contributed by atoms with Crippen molar-refractivity contribution in [3.63, 3.8) is 0 Å². The molecule has 1 heterocycles. The molecule has 0 aliphatic heterocycles. The summed E-state index contributed by atoms with van der Waals surface area (Å²) in [7, 11) is 3.49. The van der Waals surface area contributed by atoms with Crippen LogP contribution in [0.15, 0.2) is 35.6 Å². The van der Waals surface area contributed by atoms with Crippen molar-refractivity contribution < 1.29 is 14.6 Å². The summed E-state index contributed by atoms with van der Waals surface area (Å²) >= 11 is 0. The first-order valence-electron chi connectivity index (χ1n) is 11.0. The van der Waals surface area contributed by atoms with Crippen molar-refractivity contribution in [2.24, 2.45) is 12.0 Å². The van der Waals surface area contributed by atoms with Gasteiger partial charge >= 0.3 is 0 Å². The van der Waals surface area contributed by atoms with Gasteiger partial charge in [-0.2, -0.15) is 5.10 Å². The molecule has 0 spiro atoms. The Morgan fingerprint density at radius 2 is 2.03 bits per heavy atom. The molecule has 1 saturated carbocycles. The number of aryl methyl sites for hydroxylation is 1. The minimum absolute atomic E-state index is 0. The molecule has 1 aromatic carbocycles. The third-order valence-corrected chi connectivity index (χ3v) is 5.51. The number of methoxy groups -OCH3 is 1. The highest BCUT2D eigenvalue weighted by molar-refractivity contribution is 14.0. The fourth-order valence-electron chi connectivity index (χ4n) is 3.66. The number of guanidine groups is 1. The molecule has 0 radical (unpaired) electrons. The molecule has 1 aliphatic carbocycles. The number of nitrogens with one attached hydrogen (secondary N) is 2. The number of rotatable bonds is 9. The standard InChI is InChI=1S/C23H35N5O3.HI/c1-5-24-22(26-16-23(2,29)18-14-27-28(3)15-18)25-13-17-10-11-20(21(12-17)30-4)31-19-8-6-7-9-19;/h10-12,14-15,19,29H,5-9,13,16H2,1-4H3,(H2,24,25,26);1H. The maximum absolute atomic E-state index is 10.8. The second-order valence-corrected chi connectivity index (χ2v) is 8.23. The maximum atomic E-state index is 10.8. The average molecular weight is 557 g/mol. The van der Waals surface area contributed by atoms with Crippen LogP contribution in [0.1, 0.15) is 50.7 Å². The molecule has 0 bridgehead atoms. The highest BCUT2D eigenvalue weighted by atomic mass is 127. The van der Waals surface area contributed by atoms with E-state index in [1.54, 1.807) is 24.9 Å². The SMILES string of the molecule is CCNC(=NCc1ccc(OC2CCCC2)c(OC)c1)NCC(C)(O)c1cnn(C)c1.I. The van der Waals surface area contributed by atoms with E-state index in [2.05, 4.69) is 20.7 Å². The molecule has 0 saturated heterocycles. The Morgan fingerprint density at radius 1 is 1.28 bits per heavy atom. The van der Waals surface area contributed by atoms with Crippen LogP contribution in [0.5, 0.6) is 11.5 Å². The molecule has 1 fully saturated rings. The zero-order valence-corrected chi connectivity index (χ0v) is 21.8. The molecule has 3 rings (SSSR count). The molecule has 2 aromatic rings. The Bertz CT molecular complexity index is 878. The van der Waals surface area contributed by atoms with Crippen molar-refractivity contribution >= 4 is 29.9 Å². The Hall–Kier alpha value is -2.01. The molecule has 1 aliphatic rings. The van der Waals surface area contributed by atoms with E-state index in [0.717, 1.165) is 42.0 Å². The topological polar surface area (TPSA) is 92.9 Å². The first kappa shape index (κ1) is 26.2. The van der Waals surface area contributed by atoms with Crippen LogP contribution in [0.4, 0.5) is 0 Å². The molecule has 1 atom stereocenters.